The summed E-state index contributed by atoms with van der Waals surface area (Å²) < 4.78 is 0. The van der Waals surface area contributed by atoms with E-state index in [1.54, 1.807) is 0 Å². The SMILES string of the molecule is OC1=CCCC1. The Morgan fingerprint density at radius 2 is 2.50 bits per heavy atom. The predicted molar refractivity (Wildman–Crippen MR) is 24.6 cm³/mol. The quantitative estimate of drug-likeness (QED) is 0.472. The Morgan fingerprint density at radius 1 is 1.67 bits per heavy atom. The number of hydrogen-bond acceptors (Lipinski definition) is 1. The maximum absolute atomic E-state index is 8.59. The van der Waals surface area contributed by atoms with Crippen LogP contribution in [0.1, 0.15) is 19.3 Å². The molecule has 0 radical (unpaired) electrons. The highest BCUT2D eigenvalue weighted by Crippen LogP contribution is 2.13. The van der Waals surface area contributed by atoms with Gasteiger partial charge in [-0.25, -0.2) is 0 Å². The molecule has 0 spiro atoms. The van der Waals surface area contributed by atoms with Crippen molar-refractivity contribution < 1.29 is 5.11 Å². The fraction of sp³-hybridized carbons (Fsp3) is 0.600. The summed E-state index contributed by atoms with van der Waals surface area (Å²) in [4.78, 5) is 0. The van der Waals surface area contributed by atoms with E-state index in [-0.39, 0.29) is 0 Å². The molecule has 0 aromatic carbocycles. The molecule has 1 heteroatoms. The van der Waals surface area contributed by atoms with E-state index >= 15 is 0 Å². The molecule has 0 heterocycles. The molecule has 1 nitrogen and oxygen atoms in total. The lowest BCUT2D eigenvalue weighted by Gasteiger charge is -1.80. The number of aliphatic hydroxyl groups excluding tert-OH is 1. The maximum Gasteiger partial charge on any atom is 0.0882 e. The van der Waals surface area contributed by atoms with Gasteiger partial charge in [0.1, 0.15) is 0 Å². The Kier molecular flexibility index (Phi) is 0.825. The largest absolute Gasteiger partial charge is 0.513 e. The van der Waals surface area contributed by atoms with E-state index in [9.17, 15) is 0 Å². The fourth-order valence-corrected chi connectivity index (χ4v) is 0.654. The first-order chi connectivity index (χ1) is 2.89. The molecule has 0 aromatic rings. The second kappa shape index (κ2) is 1.33. The minimum absolute atomic E-state index is 0.579. The molecular formula is C5H8O. The van der Waals surface area contributed by atoms with Crippen molar-refractivity contribution >= 4 is 0 Å². The van der Waals surface area contributed by atoms with Crippen LogP contribution in [0.5, 0.6) is 0 Å². The van der Waals surface area contributed by atoms with Crippen LogP contribution in [0.25, 0.3) is 0 Å². The van der Waals surface area contributed by atoms with E-state index in [2.05, 4.69) is 0 Å². The van der Waals surface area contributed by atoms with Crippen molar-refractivity contribution in [2.75, 3.05) is 0 Å². The Hall–Kier alpha value is -0.460. The normalized spacial score (nSPS) is 21.0. The second-order valence-corrected chi connectivity index (χ2v) is 1.59. The van der Waals surface area contributed by atoms with E-state index in [1.807, 2.05) is 6.08 Å². The number of aliphatic hydroxyl groups is 1. The summed E-state index contributed by atoms with van der Waals surface area (Å²) in [5.41, 5.74) is 0. The molecule has 0 fully saturated rings. The van der Waals surface area contributed by atoms with Crippen LogP contribution < -0.4 is 0 Å². The first-order valence-electron chi connectivity index (χ1n) is 2.27. The van der Waals surface area contributed by atoms with Gasteiger partial charge in [0.05, 0.1) is 5.76 Å². The molecule has 0 unspecified atom stereocenters. The molecule has 0 bridgehead atoms. The summed E-state index contributed by atoms with van der Waals surface area (Å²) in [5, 5.41) is 8.59. The van der Waals surface area contributed by atoms with Crippen molar-refractivity contribution in [3.05, 3.63) is 11.8 Å². The molecule has 0 saturated heterocycles. The third-order valence-corrected chi connectivity index (χ3v) is 1.02. The lowest BCUT2D eigenvalue weighted by atomic mass is 10.4. The van der Waals surface area contributed by atoms with Gasteiger partial charge in [-0.15, -0.1) is 0 Å². The molecule has 0 atom stereocenters. The van der Waals surface area contributed by atoms with Gasteiger partial charge in [-0.05, 0) is 18.9 Å². The molecule has 0 aromatic heterocycles. The highest BCUT2D eigenvalue weighted by atomic mass is 16.3. The van der Waals surface area contributed by atoms with Crippen LogP contribution in [0.2, 0.25) is 0 Å². The van der Waals surface area contributed by atoms with E-state index in [0.717, 1.165) is 19.3 Å². The number of allylic oxidation sites excluding steroid dienone is 2. The van der Waals surface area contributed by atoms with Gasteiger partial charge in [-0.2, -0.15) is 0 Å². The van der Waals surface area contributed by atoms with Gasteiger partial charge < -0.3 is 5.11 Å². The number of rotatable bonds is 0. The van der Waals surface area contributed by atoms with Crippen LogP contribution >= 0.6 is 0 Å². The third-order valence-electron chi connectivity index (χ3n) is 1.02. The molecule has 1 aliphatic carbocycles. The van der Waals surface area contributed by atoms with Crippen molar-refractivity contribution in [1.82, 2.24) is 0 Å². The Balaban J connectivity index is 2.45. The predicted octanol–water partition coefficient (Wildman–Crippen LogP) is 1.61. The lowest BCUT2D eigenvalue weighted by molar-refractivity contribution is 0.397. The van der Waals surface area contributed by atoms with Gasteiger partial charge in [0.15, 0.2) is 0 Å². The topological polar surface area (TPSA) is 20.2 Å². The van der Waals surface area contributed by atoms with Crippen LogP contribution in [0.15, 0.2) is 11.8 Å². The highest BCUT2D eigenvalue weighted by Gasteiger charge is 1.98. The maximum atomic E-state index is 8.59. The zero-order valence-electron chi connectivity index (χ0n) is 3.65. The van der Waals surface area contributed by atoms with Gasteiger partial charge in [-0.3, -0.25) is 0 Å². The molecule has 6 heavy (non-hydrogen) atoms. The van der Waals surface area contributed by atoms with Gasteiger partial charge in [0.25, 0.3) is 0 Å². The zero-order chi connectivity index (χ0) is 4.41. The molecular weight excluding hydrogens is 76.1 g/mol. The standard InChI is InChI=1S/C5H8O/c6-5-3-1-2-4-5/h3,6H,1-2,4H2. The highest BCUT2D eigenvalue weighted by molar-refractivity contribution is 4.96. The molecule has 1 N–H and O–H groups in total. The summed E-state index contributed by atoms with van der Waals surface area (Å²) in [5.74, 6) is 0.579. The zero-order valence-corrected chi connectivity index (χ0v) is 3.65. The van der Waals surface area contributed by atoms with Crippen molar-refractivity contribution in [1.29, 1.82) is 0 Å². The minimum Gasteiger partial charge on any atom is -0.513 e. The Bertz CT molecular complexity index is 74.0. The lowest BCUT2D eigenvalue weighted by Crippen LogP contribution is -1.66. The third kappa shape index (κ3) is 0.534. The average molecular weight is 84.1 g/mol. The summed E-state index contributed by atoms with van der Waals surface area (Å²) in [6.07, 6.45) is 5.00. The van der Waals surface area contributed by atoms with Gasteiger partial charge >= 0.3 is 0 Å². The van der Waals surface area contributed by atoms with Crippen LogP contribution in [0.3, 0.4) is 0 Å². The summed E-state index contributed by atoms with van der Waals surface area (Å²) in [6.45, 7) is 0. The molecule has 0 saturated carbocycles. The van der Waals surface area contributed by atoms with Crippen LogP contribution in [0.4, 0.5) is 0 Å². The van der Waals surface area contributed by atoms with E-state index in [4.69, 9.17) is 5.11 Å². The smallest absolute Gasteiger partial charge is 0.0882 e. The molecule has 0 aliphatic heterocycles. The van der Waals surface area contributed by atoms with Gasteiger partial charge in [-0.1, -0.05) is 0 Å². The van der Waals surface area contributed by atoms with Gasteiger partial charge in [0.2, 0.25) is 0 Å². The van der Waals surface area contributed by atoms with Gasteiger partial charge in [0, 0.05) is 6.42 Å². The molecule has 0 amide bonds. The summed E-state index contributed by atoms with van der Waals surface area (Å²) >= 11 is 0. The first-order valence-corrected chi connectivity index (χ1v) is 2.27. The van der Waals surface area contributed by atoms with Crippen molar-refractivity contribution in [3.8, 4) is 0 Å². The van der Waals surface area contributed by atoms with Crippen molar-refractivity contribution in [2.24, 2.45) is 0 Å². The van der Waals surface area contributed by atoms with E-state index < -0.39 is 0 Å². The van der Waals surface area contributed by atoms with Crippen LogP contribution in [0, 0.1) is 0 Å². The molecule has 34 valence electrons. The summed E-state index contributed by atoms with van der Waals surface area (Å²) in [7, 11) is 0. The number of hydrogen-bond donors (Lipinski definition) is 1. The summed E-state index contributed by atoms with van der Waals surface area (Å²) in [6, 6.07) is 0. The van der Waals surface area contributed by atoms with Crippen LogP contribution in [-0.4, -0.2) is 5.11 Å². The Morgan fingerprint density at radius 3 is 2.67 bits per heavy atom. The molecule has 1 rings (SSSR count). The average Bonchev–Trinajstić information content (AvgIpc) is 1.86. The monoisotopic (exact) mass is 84.1 g/mol. The van der Waals surface area contributed by atoms with Crippen molar-refractivity contribution in [3.63, 3.8) is 0 Å². The van der Waals surface area contributed by atoms with E-state index in [1.165, 1.54) is 0 Å². The van der Waals surface area contributed by atoms with E-state index in [0.29, 0.717) is 5.76 Å². The molecule has 1 aliphatic rings. The van der Waals surface area contributed by atoms with Crippen LogP contribution in [-0.2, 0) is 0 Å². The second-order valence-electron chi connectivity index (χ2n) is 1.59. The Labute approximate surface area is 37.3 Å². The fourth-order valence-electron chi connectivity index (χ4n) is 0.654. The minimum atomic E-state index is 0.579. The van der Waals surface area contributed by atoms with Crippen molar-refractivity contribution in [2.45, 2.75) is 19.3 Å². The first kappa shape index (κ1) is 3.72.